The Morgan fingerprint density at radius 1 is 0.704 bits per heavy atom. The molecule has 0 aliphatic heterocycles. The summed E-state index contributed by atoms with van der Waals surface area (Å²) in [4.78, 5) is 0. The van der Waals surface area contributed by atoms with E-state index in [0.717, 1.165) is 6.42 Å². The van der Waals surface area contributed by atoms with Crippen molar-refractivity contribution in [3.63, 3.8) is 0 Å². The highest BCUT2D eigenvalue weighted by Gasteiger charge is 2.24. The molecule has 142 valence electrons. The first-order valence-electron chi connectivity index (χ1n) is 8.98. The highest BCUT2D eigenvalue weighted by atomic mass is 32.2. The second-order valence-corrected chi connectivity index (χ2v) is 10.1. The first-order chi connectivity index (χ1) is 13.0. The molecule has 3 nitrogen and oxygen atoms in total. The minimum Gasteiger partial charge on any atom is -0.748 e. The standard InChI is InChI=1S/C18H15P.C4H10O3S/c1-4-10-16(11-5-1)19(17-12-6-2-7-13-17)18-14-8-3-9-15-18;1-2-3-4-8(5,6)7/h1-15H;2-4H2,1H3,(H,5,6,7). The van der Waals surface area contributed by atoms with Crippen molar-refractivity contribution in [3.05, 3.63) is 91.0 Å². The van der Waals surface area contributed by atoms with E-state index >= 15 is 0 Å². The van der Waals surface area contributed by atoms with Crippen molar-refractivity contribution in [1.29, 1.82) is 0 Å². The zero-order chi connectivity index (χ0) is 19.5. The minimum atomic E-state index is -3.94. The number of unbranched alkanes of at least 4 members (excludes halogenated alkanes) is 1. The topological polar surface area (TPSA) is 57.2 Å². The molecule has 0 heterocycles. The average Bonchev–Trinajstić information content (AvgIpc) is 2.69. The molecule has 0 aromatic heterocycles. The van der Waals surface area contributed by atoms with Crippen LogP contribution >= 0.6 is 7.92 Å². The fourth-order valence-electron chi connectivity index (χ4n) is 2.64. The van der Waals surface area contributed by atoms with E-state index in [0.29, 0.717) is 6.42 Å². The van der Waals surface area contributed by atoms with Gasteiger partial charge < -0.3 is 4.55 Å². The van der Waals surface area contributed by atoms with Gasteiger partial charge in [-0.15, -0.1) is 0 Å². The lowest BCUT2D eigenvalue weighted by atomic mass is 10.4. The molecular formula is C22H25O3PS. The predicted molar refractivity (Wildman–Crippen MR) is 116 cm³/mol. The van der Waals surface area contributed by atoms with Crippen LogP contribution in [-0.2, 0) is 10.1 Å². The maximum Gasteiger partial charge on any atom is 0.102 e. The summed E-state index contributed by atoms with van der Waals surface area (Å²) in [5, 5.41) is 4.31. The monoisotopic (exact) mass is 400 g/mol. The first kappa shape index (κ1) is 21.3. The number of hydrogen-bond donors (Lipinski definition) is 0. The molecule has 3 aromatic carbocycles. The van der Waals surface area contributed by atoms with Crippen LogP contribution in [0.3, 0.4) is 0 Å². The maximum atomic E-state index is 9.83. The van der Waals surface area contributed by atoms with Crippen LogP contribution in [0.2, 0.25) is 0 Å². The fourth-order valence-corrected chi connectivity index (χ4v) is 5.86. The summed E-state index contributed by atoms with van der Waals surface area (Å²) in [6.07, 6.45) is 1.23. The molecule has 3 aromatic rings. The van der Waals surface area contributed by atoms with Gasteiger partial charge in [-0.05, 0) is 42.8 Å². The van der Waals surface area contributed by atoms with E-state index in [4.69, 9.17) is 0 Å². The lowest BCUT2D eigenvalue weighted by molar-refractivity contribution is 0.461. The summed E-state index contributed by atoms with van der Waals surface area (Å²) < 4.78 is 29.5. The van der Waals surface area contributed by atoms with Crippen LogP contribution in [0.4, 0.5) is 0 Å². The summed E-state index contributed by atoms with van der Waals surface area (Å²) >= 11 is 0. The summed E-state index contributed by atoms with van der Waals surface area (Å²) in [6.45, 7) is 1.84. The Morgan fingerprint density at radius 2 is 1.04 bits per heavy atom. The Bertz CT molecular complexity index is 789. The van der Waals surface area contributed by atoms with Crippen molar-refractivity contribution in [2.45, 2.75) is 19.8 Å². The molecule has 5 heteroatoms. The highest BCUT2D eigenvalue weighted by molar-refractivity contribution is 7.85. The van der Waals surface area contributed by atoms with Crippen molar-refractivity contribution in [2.24, 2.45) is 0 Å². The second-order valence-electron chi connectivity index (χ2n) is 6.09. The third kappa shape index (κ3) is 7.64. The zero-order valence-electron chi connectivity index (χ0n) is 15.4. The molecule has 27 heavy (non-hydrogen) atoms. The molecule has 3 rings (SSSR count). The second kappa shape index (κ2) is 11.0. The van der Waals surface area contributed by atoms with Gasteiger partial charge in [0.15, 0.2) is 0 Å². The van der Waals surface area contributed by atoms with Gasteiger partial charge in [-0.3, -0.25) is 0 Å². The number of benzene rings is 3. The summed E-state index contributed by atoms with van der Waals surface area (Å²) in [7, 11) is -4.81. The molecule has 0 spiro atoms. The highest BCUT2D eigenvalue weighted by Crippen LogP contribution is 2.32. The van der Waals surface area contributed by atoms with Crippen molar-refractivity contribution >= 4 is 34.0 Å². The minimum absolute atomic E-state index is 0.219. The van der Waals surface area contributed by atoms with E-state index in [1.807, 2.05) is 6.92 Å². The molecule has 0 atom stereocenters. The van der Waals surface area contributed by atoms with Gasteiger partial charge in [0.05, 0.1) is 18.0 Å². The molecule has 0 fully saturated rings. The predicted octanol–water partition coefficient (Wildman–Crippen LogP) is 3.51. The lowest BCUT2D eigenvalue weighted by Crippen LogP contribution is -2.20. The molecule has 0 aliphatic carbocycles. The Balaban J connectivity index is 0.000000279. The van der Waals surface area contributed by atoms with Crippen molar-refractivity contribution in [3.8, 4) is 0 Å². The molecule has 0 bridgehead atoms. The van der Waals surface area contributed by atoms with Gasteiger partial charge in [-0.2, -0.15) is 0 Å². The summed E-state index contributed by atoms with van der Waals surface area (Å²) in [5.74, 6) is -0.219. The van der Waals surface area contributed by atoms with Gasteiger partial charge in [0.25, 0.3) is 0 Å². The normalized spacial score (nSPS) is 10.9. The van der Waals surface area contributed by atoms with Gasteiger partial charge in [-0.1, -0.05) is 67.9 Å². The lowest BCUT2D eigenvalue weighted by Gasteiger charge is -2.10. The number of hydrogen-bond acceptors (Lipinski definition) is 3. The van der Waals surface area contributed by atoms with Crippen molar-refractivity contribution in [2.75, 3.05) is 5.75 Å². The zero-order valence-corrected chi connectivity index (χ0v) is 17.2. The van der Waals surface area contributed by atoms with Crippen LogP contribution < -0.4 is 15.9 Å². The quantitative estimate of drug-likeness (QED) is 0.470. The first-order valence-corrected chi connectivity index (χ1v) is 12.1. The summed E-state index contributed by atoms with van der Waals surface area (Å²) in [6, 6.07) is 32.5. The Hall–Kier alpha value is -2.00. The smallest absolute Gasteiger partial charge is 0.102 e. The van der Waals surface area contributed by atoms with Crippen molar-refractivity contribution in [1.82, 2.24) is 0 Å². The molecule has 0 aliphatic rings. The van der Waals surface area contributed by atoms with E-state index in [-0.39, 0.29) is 5.75 Å². The Morgan fingerprint density at radius 3 is 1.26 bits per heavy atom. The van der Waals surface area contributed by atoms with Crippen molar-refractivity contribution < 1.29 is 13.0 Å². The van der Waals surface area contributed by atoms with Crippen LogP contribution in [0, 0.1) is 0 Å². The van der Waals surface area contributed by atoms with Gasteiger partial charge in [-0.25, -0.2) is 8.42 Å². The third-order valence-electron chi connectivity index (χ3n) is 3.94. The van der Waals surface area contributed by atoms with Crippen LogP contribution in [0.5, 0.6) is 0 Å². The van der Waals surface area contributed by atoms with E-state index in [2.05, 4.69) is 91.0 Å². The molecule has 0 saturated heterocycles. The molecule has 0 N–H and O–H groups in total. The van der Waals surface area contributed by atoms with Crippen LogP contribution in [0.15, 0.2) is 91.0 Å². The van der Waals surface area contributed by atoms with E-state index in [1.165, 1.54) is 15.9 Å². The Kier molecular flexibility index (Phi) is 8.66. The van der Waals surface area contributed by atoms with Crippen LogP contribution in [-0.4, -0.2) is 18.7 Å². The maximum absolute atomic E-state index is 9.83. The molecule has 0 saturated carbocycles. The van der Waals surface area contributed by atoms with Crippen LogP contribution in [0.1, 0.15) is 19.8 Å². The van der Waals surface area contributed by atoms with Gasteiger partial charge in [0.2, 0.25) is 0 Å². The molecular weight excluding hydrogens is 375 g/mol. The van der Waals surface area contributed by atoms with Gasteiger partial charge in [0, 0.05) is 5.75 Å². The van der Waals surface area contributed by atoms with E-state index in [9.17, 15) is 13.0 Å². The van der Waals surface area contributed by atoms with E-state index in [1.54, 1.807) is 0 Å². The average molecular weight is 400 g/mol. The SMILES string of the molecule is CCCCS(=O)(=O)[O-].c1ccc([PH+](c2ccccc2)c2ccccc2)cc1. The molecule has 0 unspecified atom stereocenters. The molecule has 0 amide bonds. The largest absolute Gasteiger partial charge is 0.748 e. The third-order valence-corrected chi connectivity index (χ3v) is 7.46. The molecule has 0 radical (unpaired) electrons. The summed E-state index contributed by atoms with van der Waals surface area (Å²) in [5.41, 5.74) is 0. The Labute approximate surface area is 163 Å². The number of rotatable bonds is 6. The van der Waals surface area contributed by atoms with Gasteiger partial charge in [0.1, 0.15) is 15.9 Å². The fraction of sp³-hybridized carbons (Fsp3) is 0.182. The van der Waals surface area contributed by atoms with Gasteiger partial charge >= 0.3 is 0 Å². The van der Waals surface area contributed by atoms with Crippen LogP contribution in [0.25, 0.3) is 0 Å². The van der Waals surface area contributed by atoms with E-state index < -0.39 is 18.0 Å².